The molecule has 57 heavy (non-hydrogen) atoms. The van der Waals surface area contributed by atoms with Crippen molar-refractivity contribution in [3.63, 3.8) is 0 Å². The van der Waals surface area contributed by atoms with Crippen molar-refractivity contribution < 1.29 is 113 Å². The molecule has 0 fully saturated rings. The van der Waals surface area contributed by atoms with E-state index in [0.717, 1.165) is 54.6 Å². The van der Waals surface area contributed by atoms with Gasteiger partial charge in [-0.2, -0.15) is 10.2 Å². The van der Waals surface area contributed by atoms with Gasteiger partial charge in [-0.15, -0.1) is 10.2 Å². The van der Waals surface area contributed by atoms with Gasteiger partial charge in [0.15, 0.2) is 25.4 Å². The van der Waals surface area contributed by atoms with Crippen LogP contribution in [0.1, 0.15) is 0 Å². The largest absolute Gasteiger partial charge is 1.00 e. The Morgan fingerprint density at radius 3 is 1.42 bits per heavy atom. The Balaban J connectivity index is 0.00000561. The predicted octanol–water partition coefficient (Wildman–Crippen LogP) is -1.89. The van der Waals surface area contributed by atoms with Gasteiger partial charge >= 0.3 is 29.6 Å². The van der Waals surface area contributed by atoms with Crippen molar-refractivity contribution in [2.45, 2.75) is 19.6 Å². The molecular formula is C26H24N5NaO19S6-2. The molecule has 0 aliphatic heterocycles. The van der Waals surface area contributed by atoms with Crippen LogP contribution in [0.25, 0.3) is 10.8 Å². The molecule has 0 unspecified atom stereocenters. The van der Waals surface area contributed by atoms with Gasteiger partial charge in [0.05, 0.1) is 61.9 Å². The molecule has 0 amide bonds. The van der Waals surface area contributed by atoms with Crippen LogP contribution in [0.2, 0.25) is 0 Å². The fourth-order valence-electron chi connectivity index (χ4n) is 4.41. The van der Waals surface area contributed by atoms with Crippen molar-refractivity contribution in [3.8, 4) is 5.75 Å². The third kappa shape index (κ3) is 13.2. The number of nitrogen functional groups attached to an aromatic ring is 1. The van der Waals surface area contributed by atoms with Crippen LogP contribution in [0, 0.1) is 0 Å². The van der Waals surface area contributed by atoms with Crippen molar-refractivity contribution in [1.29, 1.82) is 0 Å². The Kier molecular flexibility index (Phi) is 16.5. The molecule has 6 N–H and O–H groups in total. The molecule has 0 heterocycles. The minimum atomic E-state index is -5.43. The topological polar surface area (TPSA) is 421 Å². The van der Waals surface area contributed by atoms with E-state index in [1.165, 1.54) is 0 Å². The maximum absolute atomic E-state index is 12.4. The van der Waals surface area contributed by atoms with Gasteiger partial charge in [0.25, 0.3) is 0 Å². The summed E-state index contributed by atoms with van der Waals surface area (Å²) in [4.78, 5) is -2.59. The van der Waals surface area contributed by atoms with Crippen molar-refractivity contribution in [1.82, 2.24) is 0 Å². The number of sulfone groups is 2. The molecule has 0 aromatic heterocycles. The van der Waals surface area contributed by atoms with E-state index in [1.807, 2.05) is 0 Å². The number of hydrogen-bond acceptors (Lipinski definition) is 24. The molecule has 306 valence electrons. The van der Waals surface area contributed by atoms with Gasteiger partial charge in [0.1, 0.15) is 21.5 Å². The zero-order valence-electron chi connectivity index (χ0n) is 28.4. The zero-order valence-corrected chi connectivity index (χ0v) is 35.3. The molecule has 0 radical (unpaired) electrons. The van der Waals surface area contributed by atoms with E-state index in [2.05, 4.69) is 28.8 Å². The van der Waals surface area contributed by atoms with Crippen LogP contribution < -0.4 is 35.3 Å². The Labute approximate surface area is 347 Å². The number of rotatable bonds is 16. The summed E-state index contributed by atoms with van der Waals surface area (Å²) in [5, 5.41) is 25.3. The molecule has 0 bridgehead atoms. The van der Waals surface area contributed by atoms with Crippen LogP contribution in [0.3, 0.4) is 0 Å². The second-order valence-electron chi connectivity index (χ2n) is 10.5. The molecule has 31 heteroatoms. The normalized spacial score (nSPS) is 12.9. The van der Waals surface area contributed by atoms with Gasteiger partial charge in [0, 0.05) is 0 Å². The van der Waals surface area contributed by atoms with Crippen molar-refractivity contribution in [2.24, 2.45) is 20.5 Å². The van der Waals surface area contributed by atoms with Crippen LogP contribution in [0.5, 0.6) is 5.75 Å². The first-order valence-corrected chi connectivity index (χ1v) is 22.6. The number of benzene rings is 4. The van der Waals surface area contributed by atoms with Gasteiger partial charge in [-0.25, -0.2) is 42.1 Å². The zero-order chi connectivity index (χ0) is 41.1. The average Bonchev–Trinajstić information content (AvgIpc) is 3.05. The molecule has 0 saturated carbocycles. The van der Waals surface area contributed by atoms with Gasteiger partial charge in [-0.3, -0.25) is 8.37 Å². The van der Waals surface area contributed by atoms with Crippen molar-refractivity contribution in [3.05, 3.63) is 60.7 Å². The molecule has 0 spiro atoms. The molecule has 0 saturated heterocycles. The maximum atomic E-state index is 12.4. The Morgan fingerprint density at radius 1 is 0.649 bits per heavy atom. The van der Waals surface area contributed by atoms with Gasteiger partial charge in [-0.1, -0.05) is 6.07 Å². The van der Waals surface area contributed by atoms with Crippen LogP contribution in [0.15, 0.2) is 101 Å². The summed E-state index contributed by atoms with van der Waals surface area (Å²) in [6.45, 7) is -1.92. The predicted molar refractivity (Wildman–Crippen MR) is 187 cm³/mol. The number of phenols is 1. The quantitative estimate of drug-likeness (QED) is 0.0236. The van der Waals surface area contributed by atoms with E-state index in [0.29, 0.717) is 6.07 Å². The smallest absolute Gasteiger partial charge is 0.744 e. The average molecular weight is 926 g/mol. The SMILES string of the molecule is Nc1c(N=Nc2ccc(S(=O)(=O)CCOS(=O)(=O)[O-])cc2)c(S(=O)(=O)[O-])cc2cc([S-](=O)=O)c(N=Nc3ccc(S(=O)(=O)CCOS(=O)(=O)[O-])cc3)c(O)c12.[Na+].[OH3+]. The fourth-order valence-corrected chi connectivity index (χ4v) is 8.55. The third-order valence-electron chi connectivity index (χ3n) is 6.85. The summed E-state index contributed by atoms with van der Waals surface area (Å²) in [6.07, 6.45) is 0. The number of anilines is 1. The summed E-state index contributed by atoms with van der Waals surface area (Å²) < 4.78 is 182. The third-order valence-corrected chi connectivity index (χ3v) is 12.7. The second-order valence-corrected chi connectivity index (χ2v) is 19.1. The Bertz CT molecular complexity index is 2860. The molecule has 4 aromatic rings. The molecular weight excluding hydrogens is 902 g/mol. The van der Waals surface area contributed by atoms with Crippen molar-refractivity contribution in [2.75, 3.05) is 30.5 Å². The summed E-state index contributed by atoms with van der Waals surface area (Å²) in [7, 11) is -27.2. The van der Waals surface area contributed by atoms with Crippen LogP contribution in [-0.2, 0) is 83.6 Å². The Morgan fingerprint density at radius 2 is 1.05 bits per heavy atom. The number of fused-ring (bicyclic) bond motifs is 1. The molecule has 0 aliphatic carbocycles. The van der Waals surface area contributed by atoms with Gasteiger partial charge < -0.3 is 38.4 Å². The fraction of sp³-hybridized carbons (Fsp3) is 0.154. The minimum absolute atomic E-state index is 0. The summed E-state index contributed by atoms with van der Waals surface area (Å²) in [6, 6.07) is 9.75. The summed E-state index contributed by atoms with van der Waals surface area (Å²) in [5.41, 5.74) is 3.57. The van der Waals surface area contributed by atoms with Crippen molar-refractivity contribution >= 4 is 101 Å². The van der Waals surface area contributed by atoms with E-state index in [9.17, 15) is 69.3 Å². The first-order chi connectivity index (χ1) is 25.3. The van der Waals surface area contributed by atoms with Crippen LogP contribution in [0.4, 0.5) is 28.4 Å². The Hall–Kier alpha value is -3.60. The van der Waals surface area contributed by atoms with Crippen LogP contribution >= 0.6 is 0 Å². The second kappa shape index (κ2) is 19.0. The number of azo groups is 2. The first kappa shape index (κ1) is 49.5. The number of nitrogens with zero attached hydrogens (tertiary/aromatic N) is 4. The molecule has 24 nitrogen and oxygen atoms in total. The monoisotopic (exact) mass is 925 g/mol. The van der Waals surface area contributed by atoms with E-state index >= 15 is 0 Å². The first-order valence-electron chi connectivity index (χ1n) is 14.2. The summed E-state index contributed by atoms with van der Waals surface area (Å²) in [5.74, 6) is -2.78. The molecule has 4 aromatic carbocycles. The van der Waals surface area contributed by atoms with E-state index in [1.54, 1.807) is 0 Å². The minimum Gasteiger partial charge on any atom is -0.744 e. The van der Waals surface area contributed by atoms with E-state index in [4.69, 9.17) is 5.73 Å². The van der Waals surface area contributed by atoms with Crippen LogP contribution in [-0.4, -0.2) is 85.6 Å². The molecule has 4 rings (SSSR count). The molecule has 0 aliphatic rings. The van der Waals surface area contributed by atoms with E-state index < -0.39 is 129 Å². The van der Waals surface area contributed by atoms with Gasteiger partial charge in [-0.05, 0) is 75.6 Å². The number of nitrogens with two attached hydrogens (primary N) is 1. The van der Waals surface area contributed by atoms with E-state index in [-0.39, 0.29) is 56.2 Å². The van der Waals surface area contributed by atoms with Gasteiger partial charge in [0.2, 0.25) is 20.8 Å². The number of phenolic OH excluding ortho intramolecular Hbond substituents is 1. The number of aromatic hydroxyl groups is 1. The number of hydrogen-bond donors (Lipinski definition) is 2. The maximum Gasteiger partial charge on any atom is 1.00 e. The summed E-state index contributed by atoms with van der Waals surface area (Å²) >= 11 is 0. The standard InChI is InChI=1S/C26H24N5O18S6.Na.H2O/c27-23-22-15(14-21(53(39,40)41)25(23)31-29-17-3-7-19(8-4-17)52(37,38)12-10-49-55(45,46)47)13-20(50(33)34)24(26(22)32)30-28-16-1-5-18(6-2-16)51(35,36)11-9-48-54(42,43)44;;/h1-8,13-14,32H,9-12,27H2,(H,39,40,41)(H,42,43,44)(H,45,46,47);;1H2/q-1;+1;/p-2. The molecule has 0 atom stereocenters.